The fourth-order valence-corrected chi connectivity index (χ4v) is 2.88. The number of ether oxygens (including phenoxy) is 1. The summed E-state index contributed by atoms with van der Waals surface area (Å²) in [7, 11) is 0. The number of aliphatic hydroxyl groups excluding tert-OH is 1. The number of rotatable bonds is 7. The normalized spacial score (nSPS) is 14.4. The maximum Gasteiger partial charge on any atom is 0.342 e. The van der Waals surface area contributed by atoms with E-state index in [1.54, 1.807) is 19.1 Å². The highest BCUT2D eigenvalue weighted by atomic mass is 16.6. The molecule has 3 rings (SSSR count). The molecule has 8 heteroatoms. The molecule has 0 saturated heterocycles. The van der Waals surface area contributed by atoms with Crippen LogP contribution >= 0.6 is 0 Å². The first kappa shape index (κ1) is 19.0. The van der Waals surface area contributed by atoms with Crippen molar-refractivity contribution >= 4 is 11.7 Å². The van der Waals surface area contributed by atoms with Gasteiger partial charge in [0.05, 0.1) is 36.1 Å². The molecule has 1 saturated carbocycles. The van der Waals surface area contributed by atoms with Crippen LogP contribution in [0, 0.1) is 41.7 Å². The van der Waals surface area contributed by atoms with Crippen LogP contribution < -0.4 is 0 Å². The minimum absolute atomic E-state index is 0.0547. The summed E-state index contributed by atoms with van der Waals surface area (Å²) < 4.78 is 6.74. The molecule has 0 atom stereocenters. The Morgan fingerprint density at radius 1 is 1.26 bits per heavy atom. The van der Waals surface area contributed by atoms with Gasteiger partial charge in [-0.05, 0) is 44.7 Å². The van der Waals surface area contributed by atoms with Gasteiger partial charge < -0.3 is 9.84 Å². The van der Waals surface area contributed by atoms with Crippen molar-refractivity contribution in [2.75, 3.05) is 13.2 Å². The van der Waals surface area contributed by atoms with Crippen molar-refractivity contribution < 1.29 is 19.6 Å². The molecule has 5 radical (unpaired) electrons. The van der Waals surface area contributed by atoms with Crippen LogP contribution in [0.3, 0.4) is 0 Å². The highest BCUT2D eigenvalue weighted by Gasteiger charge is 2.32. The van der Waals surface area contributed by atoms with Crippen molar-refractivity contribution in [1.82, 2.24) is 9.78 Å². The smallest absolute Gasteiger partial charge is 0.342 e. The molecular weight excluding hydrogens is 350 g/mol. The molecule has 27 heavy (non-hydrogen) atoms. The number of hydrogen-bond acceptors (Lipinski definition) is 6. The first-order chi connectivity index (χ1) is 13.1. The summed E-state index contributed by atoms with van der Waals surface area (Å²) in [6.07, 6.45) is 7.32. The molecule has 1 aromatic heterocycles. The van der Waals surface area contributed by atoms with Gasteiger partial charge in [-0.3, -0.25) is 14.8 Å². The third-order valence-corrected chi connectivity index (χ3v) is 4.03. The van der Waals surface area contributed by atoms with Gasteiger partial charge in [-0.2, -0.15) is 5.10 Å². The zero-order chi connectivity index (χ0) is 19.4. The fraction of sp³-hybridized carbons (Fsp3) is 0.211. The summed E-state index contributed by atoms with van der Waals surface area (Å²) in [5, 5.41) is 24.8. The molecule has 0 spiro atoms. The largest absolute Gasteiger partial charge is 0.462 e. The third kappa shape index (κ3) is 3.85. The minimum Gasteiger partial charge on any atom is -0.462 e. The van der Waals surface area contributed by atoms with Crippen LogP contribution in [-0.2, 0) is 11.3 Å². The molecule has 139 valence electrons. The fourth-order valence-electron chi connectivity index (χ4n) is 2.88. The molecule has 8 nitrogen and oxygen atoms in total. The van der Waals surface area contributed by atoms with Crippen LogP contribution in [0.1, 0.15) is 23.0 Å². The van der Waals surface area contributed by atoms with Crippen molar-refractivity contribution in [2.24, 2.45) is 0 Å². The van der Waals surface area contributed by atoms with Crippen LogP contribution in [0.4, 0.5) is 5.69 Å². The zero-order valence-electron chi connectivity index (χ0n) is 14.7. The molecule has 0 bridgehead atoms. The molecule has 1 aliphatic rings. The highest BCUT2D eigenvalue weighted by Crippen LogP contribution is 2.37. The summed E-state index contributed by atoms with van der Waals surface area (Å²) in [6, 6.07) is 5.84. The van der Waals surface area contributed by atoms with Crippen molar-refractivity contribution in [2.45, 2.75) is 13.5 Å². The van der Waals surface area contributed by atoms with Crippen molar-refractivity contribution in [1.29, 1.82) is 0 Å². The van der Waals surface area contributed by atoms with Crippen LogP contribution in [0.15, 0.2) is 24.3 Å². The molecule has 1 N–H and O–H groups in total. The topological polar surface area (TPSA) is 107 Å². The first-order valence-electron chi connectivity index (χ1n) is 8.42. The van der Waals surface area contributed by atoms with Crippen molar-refractivity contribution in [3.05, 3.63) is 77.2 Å². The third-order valence-electron chi connectivity index (χ3n) is 4.03. The van der Waals surface area contributed by atoms with E-state index in [0.29, 0.717) is 17.0 Å². The summed E-state index contributed by atoms with van der Waals surface area (Å²) in [5.74, 6) is 0.212. The van der Waals surface area contributed by atoms with E-state index < -0.39 is 10.9 Å². The maximum absolute atomic E-state index is 12.7. The summed E-state index contributed by atoms with van der Waals surface area (Å²) in [4.78, 5) is 23.1. The van der Waals surface area contributed by atoms with Gasteiger partial charge in [-0.1, -0.05) is 0 Å². The van der Waals surface area contributed by atoms with Gasteiger partial charge in [-0.15, -0.1) is 0 Å². The van der Waals surface area contributed by atoms with Crippen LogP contribution in [0.25, 0.3) is 11.3 Å². The number of benzene rings is 1. The number of hydrogen-bond donors (Lipinski definition) is 1. The predicted octanol–water partition coefficient (Wildman–Crippen LogP) is 2.38. The Labute approximate surface area is 156 Å². The van der Waals surface area contributed by atoms with Crippen LogP contribution in [0.5, 0.6) is 0 Å². The van der Waals surface area contributed by atoms with E-state index in [9.17, 15) is 20.0 Å². The molecule has 2 aromatic rings. The second kappa shape index (κ2) is 8.30. The van der Waals surface area contributed by atoms with Gasteiger partial charge in [0, 0.05) is 23.6 Å². The lowest BCUT2D eigenvalue weighted by Gasteiger charge is -2.10. The Balaban J connectivity index is 2.16. The predicted molar refractivity (Wildman–Crippen MR) is 96.9 cm³/mol. The minimum atomic E-state index is -0.536. The highest BCUT2D eigenvalue weighted by molar-refractivity contribution is 5.99. The zero-order valence-corrected chi connectivity index (χ0v) is 14.7. The van der Waals surface area contributed by atoms with Gasteiger partial charge in [0.1, 0.15) is 5.56 Å². The van der Waals surface area contributed by atoms with E-state index >= 15 is 0 Å². The number of aliphatic hydroxyl groups is 1. The van der Waals surface area contributed by atoms with Crippen LogP contribution in [-0.4, -0.2) is 39.0 Å². The Kier molecular flexibility index (Phi) is 5.85. The second-order valence-electron chi connectivity index (χ2n) is 5.72. The SMILES string of the molecule is CCOC(=O)c1c([C]2[CH][CH][CH][CH]2)nn(CCO)c1-c1ccc([N+](=O)[O-])cc1. The van der Waals surface area contributed by atoms with Gasteiger partial charge >= 0.3 is 5.97 Å². The standard InChI is InChI=1S/C19H18N3O5/c1-2-27-19(24)16-17(13-5-3-4-6-13)20-21(11-12-23)18(16)14-7-9-15(10-8-14)22(25)26/h3-10,23H,2,11-12H2,1H3. The number of aromatic nitrogens is 2. The molecule has 1 heterocycles. The van der Waals surface area contributed by atoms with E-state index in [2.05, 4.69) is 5.10 Å². The Hall–Kier alpha value is -2.74. The molecule has 0 unspecified atom stereocenters. The second-order valence-corrected chi connectivity index (χ2v) is 5.72. The summed E-state index contributed by atoms with van der Waals surface area (Å²) >= 11 is 0. The number of nitro benzene ring substituents is 1. The number of carbonyl (C=O) groups is 1. The lowest BCUT2D eigenvalue weighted by molar-refractivity contribution is -0.384. The van der Waals surface area contributed by atoms with Gasteiger partial charge in [0.15, 0.2) is 0 Å². The summed E-state index contributed by atoms with van der Waals surface area (Å²) in [5.41, 5.74) is 1.68. The lowest BCUT2D eigenvalue weighted by atomic mass is 9.96. The number of nitro groups is 1. The Bertz CT molecular complexity index is 823. The van der Waals surface area contributed by atoms with E-state index in [1.165, 1.54) is 16.8 Å². The van der Waals surface area contributed by atoms with Gasteiger partial charge in [0.2, 0.25) is 0 Å². The number of esters is 1. The van der Waals surface area contributed by atoms with Crippen molar-refractivity contribution in [3.8, 4) is 11.3 Å². The quantitative estimate of drug-likeness (QED) is 0.457. The van der Waals surface area contributed by atoms with Crippen LogP contribution in [0.2, 0.25) is 0 Å². The Morgan fingerprint density at radius 2 is 1.93 bits per heavy atom. The summed E-state index contributed by atoms with van der Waals surface area (Å²) in [6.45, 7) is 1.90. The Morgan fingerprint density at radius 3 is 2.48 bits per heavy atom. The first-order valence-corrected chi connectivity index (χ1v) is 8.42. The lowest BCUT2D eigenvalue weighted by Crippen LogP contribution is -2.11. The average Bonchev–Trinajstić information content (AvgIpc) is 3.30. The van der Waals surface area contributed by atoms with E-state index in [1.807, 2.05) is 25.7 Å². The van der Waals surface area contributed by atoms with Gasteiger partial charge in [0.25, 0.3) is 5.69 Å². The van der Waals surface area contributed by atoms with Gasteiger partial charge in [-0.25, -0.2) is 4.79 Å². The maximum atomic E-state index is 12.7. The number of carbonyl (C=O) groups excluding carboxylic acids is 1. The molecule has 1 aromatic carbocycles. The molecule has 1 fully saturated rings. The molecule has 1 aliphatic carbocycles. The molecule has 0 aliphatic heterocycles. The van der Waals surface area contributed by atoms with E-state index in [-0.39, 0.29) is 31.0 Å². The monoisotopic (exact) mass is 368 g/mol. The van der Waals surface area contributed by atoms with Crippen molar-refractivity contribution in [3.63, 3.8) is 0 Å². The molecule has 0 amide bonds. The van der Waals surface area contributed by atoms with E-state index in [4.69, 9.17) is 4.74 Å². The average molecular weight is 368 g/mol. The molecular formula is C19H18N3O5. The number of nitrogens with zero attached hydrogens (tertiary/aromatic N) is 3. The van der Waals surface area contributed by atoms with E-state index in [0.717, 1.165) is 5.92 Å². The number of non-ortho nitro benzene ring substituents is 1.